The molecule has 1 N–H and O–H groups in total. The molecule has 11 heteroatoms. The molecule has 0 radical (unpaired) electrons. The molecule has 244 valence electrons. The van der Waals surface area contributed by atoms with Gasteiger partial charge in [0.1, 0.15) is 30.2 Å². The van der Waals surface area contributed by atoms with Crippen LogP contribution < -0.4 is 9.64 Å². The third-order valence-electron chi connectivity index (χ3n) is 10.9. The Labute approximate surface area is 272 Å². The SMILES string of the molecule is C#Cc1c(F)ccc2cc(O)cc(-c3ccc4c(N5CC6CCC(C5)C6S(C)(=O)=O)nc(OC[C@@]56CCCN5C[C@H](F)C6)nc4c3)c12. The van der Waals surface area contributed by atoms with E-state index in [0.29, 0.717) is 59.3 Å². The van der Waals surface area contributed by atoms with E-state index in [1.54, 1.807) is 18.2 Å². The largest absolute Gasteiger partial charge is 0.508 e. The number of fused-ring (bicyclic) bond motifs is 5. The van der Waals surface area contributed by atoms with Gasteiger partial charge in [0.15, 0.2) is 9.84 Å². The number of halogens is 2. The van der Waals surface area contributed by atoms with Crippen molar-refractivity contribution in [2.75, 3.05) is 43.9 Å². The molecule has 3 aliphatic heterocycles. The van der Waals surface area contributed by atoms with Crippen molar-refractivity contribution >= 4 is 37.3 Å². The topological polar surface area (TPSA) is 95.9 Å². The molecule has 1 saturated carbocycles. The molecule has 2 unspecified atom stereocenters. The second-order valence-corrected chi connectivity index (χ2v) is 16.1. The summed E-state index contributed by atoms with van der Waals surface area (Å²) < 4.78 is 61.1. The van der Waals surface area contributed by atoms with E-state index in [-0.39, 0.29) is 46.6 Å². The Hall–Kier alpha value is -4.01. The number of hydrogen-bond donors (Lipinski definition) is 1. The van der Waals surface area contributed by atoms with E-state index in [0.717, 1.165) is 37.6 Å². The number of hydrogen-bond acceptors (Lipinski definition) is 8. The predicted octanol–water partition coefficient (Wildman–Crippen LogP) is 5.49. The first-order valence-corrected chi connectivity index (χ1v) is 18.2. The summed E-state index contributed by atoms with van der Waals surface area (Å²) in [5.41, 5.74) is 1.53. The minimum absolute atomic E-state index is 0.000872. The Morgan fingerprint density at radius 1 is 1.11 bits per heavy atom. The molecule has 4 aliphatic rings. The summed E-state index contributed by atoms with van der Waals surface area (Å²) in [4.78, 5) is 14.1. The van der Waals surface area contributed by atoms with Crippen LogP contribution in [0.1, 0.15) is 37.7 Å². The zero-order valence-electron chi connectivity index (χ0n) is 26.1. The minimum atomic E-state index is -3.20. The van der Waals surface area contributed by atoms with Gasteiger partial charge in [-0.3, -0.25) is 4.90 Å². The Morgan fingerprint density at radius 3 is 2.64 bits per heavy atom. The average Bonchev–Trinajstić information content (AvgIpc) is 3.66. The fourth-order valence-electron chi connectivity index (χ4n) is 9.05. The second-order valence-electron chi connectivity index (χ2n) is 13.9. The number of nitrogens with zero attached hydrogens (tertiary/aromatic N) is 4. The van der Waals surface area contributed by atoms with Crippen LogP contribution in [0.3, 0.4) is 0 Å². The number of aromatic hydroxyl groups is 1. The van der Waals surface area contributed by atoms with Crippen LogP contribution in [0.15, 0.2) is 42.5 Å². The predicted molar refractivity (Wildman–Crippen MR) is 178 cm³/mol. The molecule has 0 amide bonds. The summed E-state index contributed by atoms with van der Waals surface area (Å²) in [7, 11) is -3.20. The van der Waals surface area contributed by atoms with Crippen molar-refractivity contribution in [2.45, 2.75) is 49.1 Å². The first-order valence-electron chi connectivity index (χ1n) is 16.2. The summed E-state index contributed by atoms with van der Waals surface area (Å²) in [6.07, 6.45) is 10.1. The molecule has 3 saturated heterocycles. The fraction of sp³-hybridized carbons (Fsp3) is 0.444. The lowest BCUT2D eigenvalue weighted by molar-refractivity contribution is 0.107. The fourth-order valence-corrected chi connectivity index (χ4v) is 10.9. The van der Waals surface area contributed by atoms with E-state index in [9.17, 15) is 22.3 Å². The Kier molecular flexibility index (Phi) is 7.12. The molecule has 0 spiro atoms. The number of alkyl halides is 1. The zero-order chi connectivity index (χ0) is 32.7. The molecule has 2 bridgehead atoms. The Morgan fingerprint density at radius 2 is 1.89 bits per heavy atom. The summed E-state index contributed by atoms with van der Waals surface area (Å²) in [6.45, 7) is 2.61. The summed E-state index contributed by atoms with van der Waals surface area (Å²) in [5, 5.41) is 12.1. The van der Waals surface area contributed by atoms with Crippen LogP contribution in [-0.2, 0) is 9.84 Å². The first kappa shape index (κ1) is 30.3. The zero-order valence-corrected chi connectivity index (χ0v) is 26.9. The van der Waals surface area contributed by atoms with E-state index in [2.05, 4.69) is 15.7 Å². The highest BCUT2D eigenvalue weighted by Crippen LogP contribution is 2.45. The van der Waals surface area contributed by atoms with Crippen molar-refractivity contribution in [3.63, 3.8) is 0 Å². The van der Waals surface area contributed by atoms with Gasteiger partial charge in [-0.1, -0.05) is 18.1 Å². The van der Waals surface area contributed by atoms with E-state index in [1.807, 2.05) is 18.2 Å². The van der Waals surface area contributed by atoms with Gasteiger partial charge in [0, 0.05) is 43.1 Å². The number of sulfone groups is 1. The molecule has 8 rings (SSSR count). The molecule has 8 nitrogen and oxygen atoms in total. The summed E-state index contributed by atoms with van der Waals surface area (Å²) in [5.74, 6) is 2.62. The molecule has 1 aliphatic carbocycles. The Bertz CT molecular complexity index is 2070. The summed E-state index contributed by atoms with van der Waals surface area (Å²) in [6, 6.07) is 11.8. The monoisotopic (exact) mass is 658 g/mol. The molecular weight excluding hydrogens is 622 g/mol. The van der Waals surface area contributed by atoms with Gasteiger partial charge in [0.2, 0.25) is 0 Å². The van der Waals surface area contributed by atoms with Gasteiger partial charge in [-0.05, 0) is 90.9 Å². The second kappa shape index (κ2) is 11.0. The van der Waals surface area contributed by atoms with Gasteiger partial charge in [-0.25, -0.2) is 17.2 Å². The maximum absolute atomic E-state index is 14.9. The van der Waals surface area contributed by atoms with E-state index < -0.39 is 21.8 Å². The van der Waals surface area contributed by atoms with Crippen LogP contribution in [0.5, 0.6) is 11.8 Å². The lowest BCUT2D eigenvalue weighted by Gasteiger charge is -2.38. The van der Waals surface area contributed by atoms with Crippen LogP contribution in [0, 0.1) is 30.0 Å². The molecule has 47 heavy (non-hydrogen) atoms. The van der Waals surface area contributed by atoms with Crippen molar-refractivity contribution in [1.82, 2.24) is 14.9 Å². The first-order chi connectivity index (χ1) is 22.5. The number of piperidine rings is 1. The van der Waals surface area contributed by atoms with Crippen molar-refractivity contribution in [2.24, 2.45) is 11.8 Å². The van der Waals surface area contributed by atoms with Crippen LogP contribution >= 0.6 is 0 Å². The highest BCUT2D eigenvalue weighted by atomic mass is 32.2. The van der Waals surface area contributed by atoms with Crippen LogP contribution in [0.25, 0.3) is 32.8 Å². The van der Waals surface area contributed by atoms with Gasteiger partial charge in [-0.2, -0.15) is 9.97 Å². The van der Waals surface area contributed by atoms with Crippen LogP contribution in [0.4, 0.5) is 14.6 Å². The van der Waals surface area contributed by atoms with Gasteiger partial charge >= 0.3 is 6.01 Å². The maximum atomic E-state index is 14.9. The number of phenolic OH excluding ortho intramolecular Hbond substituents is 1. The normalized spacial score (nSPS) is 27.4. The lowest BCUT2D eigenvalue weighted by atomic mass is 9.93. The smallest absolute Gasteiger partial charge is 0.319 e. The van der Waals surface area contributed by atoms with Crippen molar-refractivity contribution in [3.8, 4) is 35.2 Å². The lowest BCUT2D eigenvalue weighted by Crippen LogP contribution is -2.48. The van der Waals surface area contributed by atoms with Crippen LogP contribution in [-0.4, -0.2) is 84.4 Å². The number of rotatable bonds is 6. The van der Waals surface area contributed by atoms with E-state index in [1.165, 1.54) is 12.3 Å². The highest BCUT2D eigenvalue weighted by molar-refractivity contribution is 7.91. The molecule has 1 aromatic heterocycles. The number of phenols is 1. The Balaban J connectivity index is 1.24. The number of aromatic nitrogens is 2. The molecule has 4 atom stereocenters. The van der Waals surface area contributed by atoms with Gasteiger partial charge in [0.25, 0.3) is 0 Å². The maximum Gasteiger partial charge on any atom is 0.319 e. The van der Waals surface area contributed by atoms with Crippen molar-refractivity contribution in [1.29, 1.82) is 0 Å². The van der Waals surface area contributed by atoms with Crippen molar-refractivity contribution in [3.05, 3.63) is 53.8 Å². The van der Waals surface area contributed by atoms with Gasteiger partial charge in [-0.15, -0.1) is 6.42 Å². The van der Waals surface area contributed by atoms with E-state index >= 15 is 0 Å². The highest BCUT2D eigenvalue weighted by Gasteiger charge is 2.50. The van der Waals surface area contributed by atoms with Gasteiger partial charge in [0.05, 0.1) is 21.9 Å². The minimum Gasteiger partial charge on any atom is -0.508 e. The molecule has 3 aromatic carbocycles. The molecular formula is C36H36F2N4O4S. The number of ether oxygens (including phenoxy) is 1. The standard InChI is InChI=1S/C36H36F2N4O4S/c1-3-27-30(38)10-8-22-13-26(43)15-29(32(22)27)21-7-9-28-31(14-21)39-35(46-20-36-11-4-12-42(36)19-25(37)16-36)40-34(28)41-17-23-5-6-24(18-41)33(23)47(2,44)45/h1,7-10,13-15,23-25,33,43H,4-6,11-12,16-20H2,2H3/t23?,24?,25-,33?,36+/m1/s1. The molecule has 4 fully saturated rings. The van der Waals surface area contributed by atoms with Crippen molar-refractivity contribution < 1.29 is 27.0 Å². The third kappa shape index (κ3) is 5.08. The third-order valence-corrected chi connectivity index (χ3v) is 12.7. The number of terminal acetylenes is 1. The van der Waals surface area contributed by atoms with Gasteiger partial charge < -0.3 is 14.7 Å². The van der Waals surface area contributed by atoms with E-state index in [4.69, 9.17) is 21.1 Å². The van der Waals surface area contributed by atoms with Crippen LogP contribution in [0.2, 0.25) is 0 Å². The average molecular weight is 659 g/mol. The number of anilines is 1. The molecule has 4 aromatic rings. The quantitative estimate of drug-likeness (QED) is 0.272. The summed E-state index contributed by atoms with van der Waals surface area (Å²) >= 11 is 0. The molecule has 4 heterocycles. The number of benzene rings is 3.